The minimum Gasteiger partial charge on any atom is -0.366 e. The number of rotatable bonds is 1. The molecule has 0 heterocycles. The summed E-state index contributed by atoms with van der Waals surface area (Å²) in [4.78, 5) is 10.9. The summed E-state index contributed by atoms with van der Waals surface area (Å²) in [5.41, 5.74) is 4.76. The van der Waals surface area contributed by atoms with E-state index >= 15 is 0 Å². The van der Waals surface area contributed by atoms with E-state index < -0.39 is 24.0 Å². The van der Waals surface area contributed by atoms with Gasteiger partial charge in [-0.1, -0.05) is 12.1 Å². The SMILES string of the molecule is [2H]c1c([2H])c([2H])c(C(N)=O)c(Br)c1[2H]. The van der Waals surface area contributed by atoms with Crippen LogP contribution in [-0.2, 0) is 0 Å². The van der Waals surface area contributed by atoms with Crippen molar-refractivity contribution in [3.63, 3.8) is 0 Å². The van der Waals surface area contributed by atoms with Crippen molar-refractivity contribution in [2.24, 2.45) is 5.73 Å². The van der Waals surface area contributed by atoms with Crippen LogP contribution in [0.25, 0.3) is 0 Å². The summed E-state index contributed by atoms with van der Waals surface area (Å²) < 4.78 is 29.3. The fraction of sp³-hybridized carbons (Fsp3) is 0. The predicted molar refractivity (Wildman–Crippen MR) is 42.7 cm³/mol. The van der Waals surface area contributed by atoms with Crippen molar-refractivity contribution in [1.82, 2.24) is 0 Å². The zero-order valence-electron chi connectivity index (χ0n) is 8.86. The molecule has 0 bridgehead atoms. The Morgan fingerprint density at radius 1 is 1.60 bits per heavy atom. The van der Waals surface area contributed by atoms with Crippen LogP contribution in [0.2, 0.25) is 0 Å². The lowest BCUT2D eigenvalue weighted by atomic mass is 10.2. The maximum atomic E-state index is 10.9. The molecule has 0 radical (unpaired) electrons. The maximum Gasteiger partial charge on any atom is 0.249 e. The number of halogens is 1. The summed E-state index contributed by atoms with van der Waals surface area (Å²) in [6.45, 7) is 0. The second-order valence-electron chi connectivity index (χ2n) is 1.55. The second kappa shape index (κ2) is 2.84. The number of nitrogens with two attached hydrogens (primary N) is 1. The van der Waals surface area contributed by atoms with Crippen molar-refractivity contribution in [3.8, 4) is 0 Å². The molecule has 0 aliphatic carbocycles. The highest BCUT2D eigenvalue weighted by molar-refractivity contribution is 9.10. The van der Waals surface area contributed by atoms with Gasteiger partial charge in [0.1, 0.15) is 0 Å². The van der Waals surface area contributed by atoms with E-state index in [1.54, 1.807) is 0 Å². The summed E-state index contributed by atoms with van der Waals surface area (Å²) >= 11 is 2.90. The predicted octanol–water partition coefficient (Wildman–Crippen LogP) is 1.55. The van der Waals surface area contributed by atoms with Crippen LogP contribution in [0.3, 0.4) is 0 Å². The summed E-state index contributed by atoms with van der Waals surface area (Å²) in [7, 11) is 0. The normalized spacial score (nSPS) is 14.9. The number of hydrogen-bond acceptors (Lipinski definition) is 1. The molecule has 0 saturated carbocycles. The fourth-order valence-corrected chi connectivity index (χ4v) is 0.861. The van der Waals surface area contributed by atoms with E-state index in [2.05, 4.69) is 15.9 Å². The highest BCUT2D eigenvalue weighted by atomic mass is 79.9. The van der Waals surface area contributed by atoms with Gasteiger partial charge in [-0.2, -0.15) is 0 Å². The summed E-state index contributed by atoms with van der Waals surface area (Å²) in [6, 6.07) is -1.59. The topological polar surface area (TPSA) is 43.1 Å². The first-order valence-corrected chi connectivity index (χ1v) is 3.22. The van der Waals surface area contributed by atoms with Crippen molar-refractivity contribution < 1.29 is 10.3 Å². The standard InChI is InChI=1S/C7H6BrNO/c8-6-4-2-1-3-5(6)7(9)10/h1-4H,(H2,9,10)/i1D,2D,3D,4D. The lowest BCUT2D eigenvalue weighted by Gasteiger charge is -1.95. The van der Waals surface area contributed by atoms with Crippen LogP contribution in [-0.4, -0.2) is 5.91 Å². The molecule has 10 heavy (non-hydrogen) atoms. The van der Waals surface area contributed by atoms with Crippen molar-refractivity contribution in [2.75, 3.05) is 0 Å². The lowest BCUT2D eigenvalue weighted by molar-refractivity contribution is 0.0999. The van der Waals surface area contributed by atoms with Crippen LogP contribution in [0.1, 0.15) is 15.8 Å². The smallest absolute Gasteiger partial charge is 0.249 e. The number of amides is 1. The van der Waals surface area contributed by atoms with Gasteiger partial charge < -0.3 is 5.73 Å². The van der Waals surface area contributed by atoms with Gasteiger partial charge in [0.25, 0.3) is 0 Å². The molecule has 0 aliphatic rings. The first kappa shape index (κ1) is 3.53. The second-order valence-corrected chi connectivity index (χ2v) is 2.35. The van der Waals surface area contributed by atoms with Crippen LogP contribution < -0.4 is 5.73 Å². The van der Waals surface area contributed by atoms with Crippen molar-refractivity contribution >= 4 is 21.8 Å². The van der Waals surface area contributed by atoms with Gasteiger partial charge in [0.15, 0.2) is 0 Å². The van der Waals surface area contributed by atoms with Crippen molar-refractivity contribution in [2.45, 2.75) is 0 Å². The average Bonchev–Trinajstić information content (AvgIpc) is 2.11. The number of primary amides is 1. The highest BCUT2D eigenvalue weighted by Crippen LogP contribution is 2.14. The van der Waals surface area contributed by atoms with Crippen LogP contribution in [0.15, 0.2) is 28.6 Å². The summed E-state index contributed by atoms with van der Waals surface area (Å²) in [5, 5.41) is 0. The van der Waals surface area contributed by atoms with Gasteiger partial charge in [-0.3, -0.25) is 4.79 Å². The zero-order valence-corrected chi connectivity index (χ0v) is 6.45. The Morgan fingerprint density at radius 2 is 2.20 bits per heavy atom. The first-order valence-electron chi connectivity index (χ1n) is 4.43. The molecule has 0 spiro atoms. The van der Waals surface area contributed by atoms with Gasteiger partial charge in [-0.05, 0) is 28.0 Å². The molecule has 1 aromatic carbocycles. The van der Waals surface area contributed by atoms with E-state index in [0.717, 1.165) is 0 Å². The average molecular weight is 204 g/mol. The van der Waals surface area contributed by atoms with Gasteiger partial charge in [-0.15, -0.1) is 0 Å². The number of hydrogen-bond donors (Lipinski definition) is 1. The number of carbonyl (C=O) groups is 1. The van der Waals surface area contributed by atoms with Crippen molar-refractivity contribution in [3.05, 3.63) is 34.2 Å². The van der Waals surface area contributed by atoms with E-state index in [1.807, 2.05) is 0 Å². The molecule has 1 aromatic rings. The van der Waals surface area contributed by atoms with Crippen LogP contribution in [0, 0.1) is 0 Å². The quantitative estimate of drug-likeness (QED) is 0.740. The van der Waals surface area contributed by atoms with Crippen molar-refractivity contribution in [1.29, 1.82) is 0 Å². The Balaban J connectivity index is 3.68. The van der Waals surface area contributed by atoms with Crippen LogP contribution >= 0.6 is 15.9 Å². The zero-order chi connectivity index (χ0) is 11.0. The number of benzene rings is 1. The Bertz CT molecular complexity index is 392. The molecule has 0 aromatic heterocycles. The Morgan fingerprint density at radius 3 is 2.80 bits per heavy atom. The highest BCUT2D eigenvalue weighted by Gasteiger charge is 2.02. The van der Waals surface area contributed by atoms with E-state index in [4.69, 9.17) is 11.2 Å². The molecule has 1 amide bonds. The molecule has 0 unspecified atom stereocenters. The monoisotopic (exact) mass is 203 g/mol. The van der Waals surface area contributed by atoms with Crippen LogP contribution in [0.4, 0.5) is 0 Å². The molecular weight excluding hydrogens is 194 g/mol. The third-order valence-electron chi connectivity index (χ3n) is 0.888. The molecular formula is C7H6BrNO. The van der Waals surface area contributed by atoms with Gasteiger partial charge in [0.05, 0.1) is 11.0 Å². The minimum atomic E-state index is -0.885. The third kappa shape index (κ3) is 1.36. The Kier molecular flexibility index (Phi) is 1.00. The van der Waals surface area contributed by atoms with Gasteiger partial charge in [0, 0.05) is 4.47 Å². The summed E-state index contributed by atoms with van der Waals surface area (Å²) in [5.74, 6) is -0.885. The molecule has 2 N–H and O–H groups in total. The Hall–Kier alpha value is -0.830. The van der Waals surface area contributed by atoms with Gasteiger partial charge >= 0.3 is 0 Å². The minimum absolute atomic E-state index is 0.00370. The fourth-order valence-electron chi connectivity index (χ4n) is 0.467. The van der Waals surface area contributed by atoms with Gasteiger partial charge in [0.2, 0.25) is 5.91 Å². The lowest BCUT2D eigenvalue weighted by Crippen LogP contribution is -2.11. The molecule has 0 atom stereocenters. The maximum absolute atomic E-state index is 10.9. The third-order valence-corrected chi connectivity index (χ3v) is 1.48. The first-order chi connectivity index (χ1) is 6.37. The van der Waals surface area contributed by atoms with E-state index in [-0.39, 0.29) is 16.1 Å². The molecule has 0 aliphatic heterocycles. The molecule has 0 saturated heterocycles. The van der Waals surface area contributed by atoms with E-state index in [1.165, 1.54) is 0 Å². The number of carbonyl (C=O) groups excluding carboxylic acids is 1. The molecule has 3 heteroatoms. The van der Waals surface area contributed by atoms with E-state index in [9.17, 15) is 4.79 Å². The summed E-state index contributed by atoms with van der Waals surface area (Å²) in [6.07, 6.45) is 0. The molecule has 0 fully saturated rings. The van der Waals surface area contributed by atoms with Gasteiger partial charge in [-0.25, -0.2) is 0 Å². The van der Waals surface area contributed by atoms with Crippen LogP contribution in [0.5, 0.6) is 0 Å². The Labute approximate surface area is 72.8 Å². The molecule has 1 rings (SSSR count). The van der Waals surface area contributed by atoms with E-state index in [0.29, 0.717) is 0 Å². The molecule has 2 nitrogen and oxygen atoms in total. The molecule has 52 valence electrons. The largest absolute Gasteiger partial charge is 0.366 e.